The van der Waals surface area contributed by atoms with Gasteiger partial charge in [0.05, 0.1) is 0 Å². The van der Waals surface area contributed by atoms with Crippen molar-refractivity contribution >= 4 is 20.6 Å². The Morgan fingerprint density at radius 3 is 0.889 bits per heavy atom. The SMILES string of the molecule is C.[SiH3]Cl.c1ccccc1. The van der Waals surface area contributed by atoms with Gasteiger partial charge >= 0.3 is 0 Å². The molecule has 0 aromatic heterocycles. The average molecular weight is 161 g/mol. The summed E-state index contributed by atoms with van der Waals surface area (Å²) in [6.45, 7) is 0. The zero-order chi connectivity index (χ0) is 6.24. The number of hydrogen-bond acceptors (Lipinski definition) is 0. The number of halogens is 1. The van der Waals surface area contributed by atoms with Gasteiger partial charge in [-0.25, -0.2) is 0 Å². The third-order valence-electron chi connectivity index (χ3n) is 0.667. The Bertz CT molecular complexity index is 80.8. The first kappa shape index (κ1) is 11.5. The molecule has 0 atom stereocenters. The molecule has 0 aliphatic heterocycles. The van der Waals surface area contributed by atoms with Crippen LogP contribution in [0.5, 0.6) is 0 Å². The maximum absolute atomic E-state index is 4.78. The van der Waals surface area contributed by atoms with Crippen LogP contribution in [0.3, 0.4) is 0 Å². The second kappa shape index (κ2) is 10.7. The lowest BCUT2D eigenvalue weighted by atomic mass is 10.4. The summed E-state index contributed by atoms with van der Waals surface area (Å²) < 4.78 is 0. The molecule has 2 heteroatoms. The van der Waals surface area contributed by atoms with Gasteiger partial charge in [0.1, 0.15) is 9.55 Å². The van der Waals surface area contributed by atoms with Gasteiger partial charge in [-0.3, -0.25) is 0 Å². The Kier molecular flexibility index (Phi) is 13.6. The van der Waals surface area contributed by atoms with Gasteiger partial charge in [-0.2, -0.15) is 11.1 Å². The predicted octanol–water partition coefficient (Wildman–Crippen LogP) is 1.83. The lowest BCUT2D eigenvalue weighted by Crippen LogP contribution is -1.47. The third-order valence-corrected chi connectivity index (χ3v) is 0.667. The summed E-state index contributed by atoms with van der Waals surface area (Å²) in [6.07, 6.45) is 0. The summed E-state index contributed by atoms with van der Waals surface area (Å²) in [5, 5.41) is 0. The molecule has 0 saturated carbocycles. The average Bonchev–Trinajstić information content (AvgIpc) is 1.96. The van der Waals surface area contributed by atoms with Gasteiger partial charge in [0.2, 0.25) is 0 Å². The summed E-state index contributed by atoms with van der Waals surface area (Å²) in [6, 6.07) is 12.0. The lowest BCUT2D eigenvalue weighted by Gasteiger charge is -1.69. The normalized spacial score (nSPS) is 6.33. The van der Waals surface area contributed by atoms with Crippen LogP contribution in [0, 0.1) is 0 Å². The zero-order valence-electron chi connectivity index (χ0n) is 4.84. The highest BCUT2D eigenvalue weighted by Gasteiger charge is 1.57. The largest absolute Gasteiger partial charge is 0.181 e. The number of hydrogen-bond donors (Lipinski definition) is 0. The standard InChI is InChI=1S/C6H6.CH4.ClH3Si/c1-2-4-6-5-3-1;;1-2/h1-6H;1H4;2H3. The maximum atomic E-state index is 4.78. The van der Waals surface area contributed by atoms with Crippen molar-refractivity contribution in [1.82, 2.24) is 0 Å². The molecular formula is C7H13ClSi. The maximum Gasteiger partial charge on any atom is 0.109 e. The van der Waals surface area contributed by atoms with Crippen LogP contribution in [-0.4, -0.2) is 9.55 Å². The van der Waals surface area contributed by atoms with Crippen molar-refractivity contribution in [3.05, 3.63) is 36.4 Å². The smallest absolute Gasteiger partial charge is 0.109 e. The summed E-state index contributed by atoms with van der Waals surface area (Å²) in [5.41, 5.74) is 0. The number of benzene rings is 1. The lowest BCUT2D eigenvalue weighted by molar-refractivity contribution is 1.72. The minimum absolute atomic E-state index is 0. The van der Waals surface area contributed by atoms with E-state index in [1.54, 1.807) is 0 Å². The molecule has 0 radical (unpaired) electrons. The van der Waals surface area contributed by atoms with Crippen LogP contribution in [0.1, 0.15) is 7.43 Å². The fourth-order valence-electron chi connectivity index (χ4n) is 0.385. The van der Waals surface area contributed by atoms with E-state index in [1.165, 1.54) is 0 Å². The monoisotopic (exact) mass is 160 g/mol. The first-order chi connectivity index (χ1) is 4.00. The van der Waals surface area contributed by atoms with Crippen molar-refractivity contribution in [2.75, 3.05) is 0 Å². The fraction of sp³-hybridized carbons (Fsp3) is 0.143. The van der Waals surface area contributed by atoms with E-state index in [9.17, 15) is 0 Å². The highest BCUT2D eigenvalue weighted by Crippen LogP contribution is 1.79. The van der Waals surface area contributed by atoms with Gasteiger partial charge in [0, 0.05) is 0 Å². The third kappa shape index (κ3) is 7.73. The molecule has 0 fully saturated rings. The van der Waals surface area contributed by atoms with Crippen LogP contribution in [-0.2, 0) is 0 Å². The Labute approximate surface area is 65.0 Å². The fourth-order valence-corrected chi connectivity index (χ4v) is 0.385. The summed E-state index contributed by atoms with van der Waals surface area (Å²) >= 11 is 4.78. The van der Waals surface area contributed by atoms with Gasteiger partial charge in [-0.15, -0.1) is 0 Å². The van der Waals surface area contributed by atoms with Crippen molar-refractivity contribution in [3.63, 3.8) is 0 Å². The van der Waals surface area contributed by atoms with Crippen LogP contribution in [0.15, 0.2) is 36.4 Å². The van der Waals surface area contributed by atoms with Crippen LogP contribution in [0.4, 0.5) is 0 Å². The molecule has 1 aromatic carbocycles. The van der Waals surface area contributed by atoms with E-state index in [4.69, 9.17) is 11.1 Å². The van der Waals surface area contributed by atoms with Crippen LogP contribution in [0.2, 0.25) is 0 Å². The van der Waals surface area contributed by atoms with Gasteiger partial charge in [-0.1, -0.05) is 43.8 Å². The van der Waals surface area contributed by atoms with Gasteiger partial charge in [0.25, 0.3) is 0 Å². The summed E-state index contributed by atoms with van der Waals surface area (Å²) in [7, 11) is 0.778. The van der Waals surface area contributed by atoms with E-state index in [2.05, 4.69) is 0 Å². The van der Waals surface area contributed by atoms with Crippen molar-refractivity contribution in [3.8, 4) is 0 Å². The molecule has 0 bridgehead atoms. The molecule has 0 spiro atoms. The highest BCUT2D eigenvalue weighted by atomic mass is 35.6. The minimum atomic E-state index is 0. The molecule has 0 N–H and O–H groups in total. The topological polar surface area (TPSA) is 0 Å². The van der Waals surface area contributed by atoms with E-state index in [1.807, 2.05) is 36.4 Å². The predicted molar refractivity (Wildman–Crippen MR) is 49.0 cm³/mol. The second-order valence-corrected chi connectivity index (χ2v) is 1.15. The van der Waals surface area contributed by atoms with E-state index >= 15 is 0 Å². The minimum Gasteiger partial charge on any atom is -0.181 e. The van der Waals surface area contributed by atoms with Crippen molar-refractivity contribution in [1.29, 1.82) is 0 Å². The van der Waals surface area contributed by atoms with Gasteiger partial charge < -0.3 is 0 Å². The molecule has 0 heterocycles. The Morgan fingerprint density at radius 1 is 0.667 bits per heavy atom. The van der Waals surface area contributed by atoms with Crippen molar-refractivity contribution < 1.29 is 0 Å². The van der Waals surface area contributed by atoms with E-state index < -0.39 is 0 Å². The molecule has 0 aliphatic carbocycles. The van der Waals surface area contributed by atoms with E-state index in [0.717, 1.165) is 9.55 Å². The van der Waals surface area contributed by atoms with E-state index in [-0.39, 0.29) is 7.43 Å². The molecular weight excluding hydrogens is 148 g/mol. The number of rotatable bonds is 0. The molecule has 9 heavy (non-hydrogen) atoms. The molecule has 0 saturated heterocycles. The summed E-state index contributed by atoms with van der Waals surface area (Å²) in [5.74, 6) is 0. The molecule has 0 aliphatic rings. The quantitative estimate of drug-likeness (QED) is 0.402. The second-order valence-electron chi connectivity index (χ2n) is 1.15. The highest BCUT2D eigenvalue weighted by molar-refractivity contribution is 6.80. The first-order valence-electron chi connectivity index (χ1n) is 2.38. The van der Waals surface area contributed by atoms with Crippen LogP contribution < -0.4 is 0 Å². The Balaban J connectivity index is 0. The zero-order valence-corrected chi connectivity index (χ0v) is 7.60. The molecule has 1 aromatic rings. The molecule has 0 unspecified atom stereocenters. The Hall–Kier alpha value is -0.273. The summed E-state index contributed by atoms with van der Waals surface area (Å²) in [4.78, 5) is 0. The molecule has 1 rings (SSSR count). The van der Waals surface area contributed by atoms with Crippen LogP contribution >= 0.6 is 11.1 Å². The van der Waals surface area contributed by atoms with Gasteiger partial charge in [0.15, 0.2) is 0 Å². The van der Waals surface area contributed by atoms with Crippen molar-refractivity contribution in [2.45, 2.75) is 7.43 Å². The van der Waals surface area contributed by atoms with Crippen molar-refractivity contribution in [2.24, 2.45) is 0 Å². The van der Waals surface area contributed by atoms with Crippen LogP contribution in [0.25, 0.3) is 0 Å². The molecule has 0 nitrogen and oxygen atoms in total. The first-order valence-corrected chi connectivity index (χ1v) is 5.40. The molecule has 52 valence electrons. The van der Waals surface area contributed by atoms with E-state index in [0.29, 0.717) is 0 Å². The Morgan fingerprint density at radius 2 is 0.778 bits per heavy atom. The van der Waals surface area contributed by atoms with Gasteiger partial charge in [-0.05, 0) is 0 Å². The molecule has 0 amide bonds.